The van der Waals surface area contributed by atoms with Crippen LogP contribution in [0.1, 0.15) is 46.0 Å². The van der Waals surface area contributed by atoms with Gasteiger partial charge in [-0.05, 0) is 31.3 Å². The summed E-state index contributed by atoms with van der Waals surface area (Å²) < 4.78 is 0. The molecular formula is C12H21NO. The van der Waals surface area contributed by atoms with Crippen LogP contribution in [0.4, 0.5) is 0 Å². The second-order valence-electron chi connectivity index (χ2n) is 4.59. The Morgan fingerprint density at radius 1 is 1.36 bits per heavy atom. The molecule has 0 aromatic rings. The van der Waals surface area contributed by atoms with Gasteiger partial charge in [-0.2, -0.15) is 0 Å². The Morgan fingerprint density at radius 2 is 2.00 bits per heavy atom. The summed E-state index contributed by atoms with van der Waals surface area (Å²) >= 11 is 0. The maximum Gasteiger partial charge on any atom is 0.243 e. The van der Waals surface area contributed by atoms with Crippen LogP contribution in [0.15, 0.2) is 12.2 Å². The molecule has 14 heavy (non-hydrogen) atoms. The molecular weight excluding hydrogens is 174 g/mol. The van der Waals surface area contributed by atoms with Crippen molar-refractivity contribution in [3.8, 4) is 0 Å². The van der Waals surface area contributed by atoms with Crippen LogP contribution in [0.5, 0.6) is 0 Å². The summed E-state index contributed by atoms with van der Waals surface area (Å²) in [5.74, 6) is 0.0410. The average Bonchev–Trinajstić information content (AvgIpc) is 2.17. The number of hydrogen-bond acceptors (Lipinski definition) is 1. The highest BCUT2D eigenvalue weighted by Crippen LogP contribution is 2.34. The minimum absolute atomic E-state index is 0.0410. The second kappa shape index (κ2) is 5.18. The van der Waals surface area contributed by atoms with Gasteiger partial charge in [-0.15, -0.1) is 0 Å². The van der Waals surface area contributed by atoms with Gasteiger partial charge in [0.2, 0.25) is 5.91 Å². The fourth-order valence-electron chi connectivity index (χ4n) is 2.09. The molecule has 80 valence electrons. The Morgan fingerprint density at radius 3 is 2.57 bits per heavy atom. The van der Waals surface area contributed by atoms with Crippen molar-refractivity contribution in [1.29, 1.82) is 0 Å². The highest BCUT2D eigenvalue weighted by atomic mass is 16.1. The zero-order chi connectivity index (χ0) is 10.4. The number of nitrogens with one attached hydrogen (secondary N) is 1. The van der Waals surface area contributed by atoms with E-state index in [4.69, 9.17) is 0 Å². The predicted octanol–water partition coefficient (Wildman–Crippen LogP) is 2.65. The highest BCUT2D eigenvalue weighted by molar-refractivity contribution is 5.87. The van der Waals surface area contributed by atoms with E-state index >= 15 is 0 Å². The summed E-state index contributed by atoms with van der Waals surface area (Å²) in [6, 6.07) is 0. The van der Waals surface area contributed by atoms with E-state index in [0.29, 0.717) is 5.41 Å². The van der Waals surface area contributed by atoms with Crippen molar-refractivity contribution < 1.29 is 4.79 Å². The lowest BCUT2D eigenvalue weighted by Gasteiger charge is -2.33. The number of allylic oxidation sites excluding steroid dienone is 1. The van der Waals surface area contributed by atoms with Crippen molar-refractivity contribution in [2.75, 3.05) is 6.54 Å². The first kappa shape index (κ1) is 11.3. The van der Waals surface area contributed by atoms with Gasteiger partial charge in [0.15, 0.2) is 0 Å². The van der Waals surface area contributed by atoms with Crippen LogP contribution in [0.2, 0.25) is 0 Å². The van der Waals surface area contributed by atoms with E-state index < -0.39 is 0 Å². The summed E-state index contributed by atoms with van der Waals surface area (Å²) in [4.78, 5) is 11.2. The van der Waals surface area contributed by atoms with Crippen LogP contribution in [0.25, 0.3) is 0 Å². The van der Waals surface area contributed by atoms with Crippen LogP contribution in [0.3, 0.4) is 0 Å². The minimum atomic E-state index is 0.0410. The Kier molecular flexibility index (Phi) is 4.18. The molecule has 2 nitrogen and oxygen atoms in total. The van der Waals surface area contributed by atoms with Gasteiger partial charge in [-0.3, -0.25) is 4.79 Å². The van der Waals surface area contributed by atoms with Crippen LogP contribution < -0.4 is 5.32 Å². The van der Waals surface area contributed by atoms with Gasteiger partial charge in [0.25, 0.3) is 0 Å². The quantitative estimate of drug-likeness (QED) is 0.689. The van der Waals surface area contributed by atoms with Gasteiger partial charge in [-0.1, -0.05) is 32.3 Å². The van der Waals surface area contributed by atoms with Crippen molar-refractivity contribution in [3.63, 3.8) is 0 Å². The molecule has 0 bridgehead atoms. The topological polar surface area (TPSA) is 29.1 Å². The molecule has 0 atom stereocenters. The van der Waals surface area contributed by atoms with Gasteiger partial charge in [0, 0.05) is 6.54 Å². The van der Waals surface area contributed by atoms with Crippen LogP contribution >= 0.6 is 0 Å². The lowest BCUT2D eigenvalue weighted by molar-refractivity contribution is -0.117. The average molecular weight is 195 g/mol. The van der Waals surface area contributed by atoms with Crippen molar-refractivity contribution >= 4 is 5.91 Å². The molecule has 1 saturated carbocycles. The molecule has 1 fully saturated rings. The smallest absolute Gasteiger partial charge is 0.243 e. The number of amides is 1. The fraction of sp³-hybridized carbons (Fsp3) is 0.750. The van der Waals surface area contributed by atoms with Crippen LogP contribution in [-0.2, 0) is 4.79 Å². The number of carbonyl (C=O) groups excluding carboxylic acids is 1. The Balaban J connectivity index is 2.31. The predicted molar refractivity (Wildman–Crippen MR) is 59.0 cm³/mol. The monoisotopic (exact) mass is 195 g/mol. The van der Waals surface area contributed by atoms with Gasteiger partial charge in [0.05, 0.1) is 0 Å². The Bertz CT molecular complexity index is 214. The largest absolute Gasteiger partial charge is 0.352 e. The van der Waals surface area contributed by atoms with Gasteiger partial charge < -0.3 is 5.32 Å². The summed E-state index contributed by atoms with van der Waals surface area (Å²) in [6.07, 6.45) is 9.86. The molecule has 1 aliphatic carbocycles. The van der Waals surface area contributed by atoms with E-state index in [-0.39, 0.29) is 5.91 Å². The summed E-state index contributed by atoms with van der Waals surface area (Å²) in [6.45, 7) is 4.97. The number of hydrogen-bond donors (Lipinski definition) is 1. The molecule has 0 heterocycles. The fourth-order valence-corrected chi connectivity index (χ4v) is 2.09. The summed E-state index contributed by atoms with van der Waals surface area (Å²) in [5, 5.41) is 2.97. The maximum atomic E-state index is 11.2. The molecule has 0 aromatic carbocycles. The molecule has 0 aliphatic heterocycles. The molecule has 0 saturated heterocycles. The van der Waals surface area contributed by atoms with E-state index in [1.165, 1.54) is 32.1 Å². The van der Waals surface area contributed by atoms with Gasteiger partial charge in [-0.25, -0.2) is 0 Å². The molecule has 1 aliphatic rings. The van der Waals surface area contributed by atoms with Crippen molar-refractivity contribution in [2.45, 2.75) is 46.0 Å². The van der Waals surface area contributed by atoms with Crippen LogP contribution in [-0.4, -0.2) is 12.5 Å². The third kappa shape index (κ3) is 3.52. The Hall–Kier alpha value is -0.790. The van der Waals surface area contributed by atoms with E-state index in [1.54, 1.807) is 12.2 Å². The van der Waals surface area contributed by atoms with E-state index in [9.17, 15) is 4.79 Å². The summed E-state index contributed by atoms with van der Waals surface area (Å²) in [5.41, 5.74) is 0.343. The third-order valence-corrected chi connectivity index (χ3v) is 3.07. The maximum absolute atomic E-state index is 11.2. The molecule has 1 amide bonds. The standard InChI is InChI=1S/C12H21NO/c1-3-7-11(14)13-10-12(2)8-5-4-6-9-12/h3,7H,4-6,8-10H2,1-2H3,(H,13,14)/b7-3+. The number of carbonyl (C=O) groups is 1. The zero-order valence-electron chi connectivity index (χ0n) is 9.31. The van der Waals surface area contributed by atoms with Crippen molar-refractivity contribution in [3.05, 3.63) is 12.2 Å². The van der Waals surface area contributed by atoms with Crippen molar-refractivity contribution in [2.24, 2.45) is 5.41 Å². The normalized spacial score (nSPS) is 21.0. The number of rotatable bonds is 3. The van der Waals surface area contributed by atoms with Gasteiger partial charge in [0.1, 0.15) is 0 Å². The minimum Gasteiger partial charge on any atom is -0.352 e. The highest BCUT2D eigenvalue weighted by Gasteiger charge is 2.26. The third-order valence-electron chi connectivity index (χ3n) is 3.07. The van der Waals surface area contributed by atoms with E-state index in [1.807, 2.05) is 6.92 Å². The van der Waals surface area contributed by atoms with Gasteiger partial charge >= 0.3 is 0 Å². The van der Waals surface area contributed by atoms with Crippen LogP contribution in [0, 0.1) is 5.41 Å². The first-order valence-corrected chi connectivity index (χ1v) is 5.57. The van der Waals surface area contributed by atoms with Crippen molar-refractivity contribution in [1.82, 2.24) is 5.32 Å². The lowest BCUT2D eigenvalue weighted by atomic mass is 9.76. The molecule has 0 radical (unpaired) electrons. The SMILES string of the molecule is C/C=C/C(=O)NCC1(C)CCCCC1. The molecule has 0 spiro atoms. The molecule has 1 rings (SSSR count). The van der Waals surface area contributed by atoms with E-state index in [2.05, 4.69) is 12.2 Å². The molecule has 2 heteroatoms. The lowest BCUT2D eigenvalue weighted by Crippen LogP contribution is -2.36. The summed E-state index contributed by atoms with van der Waals surface area (Å²) in [7, 11) is 0. The molecule has 0 unspecified atom stereocenters. The Labute approximate surface area is 86.8 Å². The molecule has 0 aromatic heterocycles. The first-order valence-electron chi connectivity index (χ1n) is 5.57. The van der Waals surface area contributed by atoms with E-state index in [0.717, 1.165) is 6.54 Å². The zero-order valence-corrected chi connectivity index (χ0v) is 9.31. The second-order valence-corrected chi connectivity index (χ2v) is 4.59. The molecule has 1 N–H and O–H groups in total. The first-order chi connectivity index (χ1) is 6.66.